The zero-order valence-electron chi connectivity index (χ0n) is 24.4. The molecule has 0 aromatic carbocycles. The number of hydrogen-bond donors (Lipinski definition) is 3. The second kappa shape index (κ2) is 25.6. The molecule has 0 radical (unpaired) electrons. The minimum Gasteiger partial charge on any atom is -0.391 e. The Morgan fingerprint density at radius 2 is 0.973 bits per heavy atom. The molecule has 2 atom stereocenters. The van der Waals surface area contributed by atoms with Gasteiger partial charge in [0, 0.05) is 6.42 Å². The summed E-state index contributed by atoms with van der Waals surface area (Å²) < 4.78 is 32.1. The molecule has 0 fully saturated rings. The van der Waals surface area contributed by atoms with E-state index in [9.17, 15) is 22.9 Å². The predicted octanol–water partition coefficient (Wildman–Crippen LogP) is 8.12. The van der Waals surface area contributed by atoms with Gasteiger partial charge in [-0.15, -0.1) is 0 Å². The standard InChI is InChI=1S/C30H61NO5S/c1-3-5-7-9-11-12-13-14-15-16-17-18-20-21-23-25-29(32)28(27-37(34,35)36)31-30(33)26-24-22-19-10-8-6-4-2/h28-29,32H,3-27H2,1-2H3,(H,31,33)(H,34,35,36). The van der Waals surface area contributed by atoms with Crippen LogP contribution in [0.1, 0.15) is 168 Å². The van der Waals surface area contributed by atoms with Crippen LogP contribution in [0, 0.1) is 0 Å². The fourth-order valence-corrected chi connectivity index (χ4v) is 5.68. The van der Waals surface area contributed by atoms with E-state index < -0.39 is 28.0 Å². The Kier molecular flexibility index (Phi) is 25.2. The summed E-state index contributed by atoms with van der Waals surface area (Å²) in [5.41, 5.74) is 0. The smallest absolute Gasteiger partial charge is 0.266 e. The molecule has 222 valence electrons. The predicted molar refractivity (Wildman–Crippen MR) is 157 cm³/mol. The summed E-state index contributed by atoms with van der Waals surface area (Å²) in [6, 6.07) is -0.960. The molecule has 0 aromatic rings. The van der Waals surface area contributed by atoms with Gasteiger partial charge in [-0.1, -0.05) is 149 Å². The van der Waals surface area contributed by atoms with Crippen LogP contribution < -0.4 is 5.32 Å². The summed E-state index contributed by atoms with van der Waals surface area (Å²) in [5, 5.41) is 13.2. The first-order valence-corrected chi connectivity index (χ1v) is 17.3. The molecule has 0 bridgehead atoms. The van der Waals surface area contributed by atoms with Crippen molar-refractivity contribution in [2.24, 2.45) is 0 Å². The number of hydrogen-bond acceptors (Lipinski definition) is 4. The van der Waals surface area contributed by atoms with Crippen LogP contribution in [0.25, 0.3) is 0 Å². The fourth-order valence-electron chi connectivity index (χ4n) is 4.92. The molecule has 0 aliphatic carbocycles. The maximum Gasteiger partial charge on any atom is 0.266 e. The van der Waals surface area contributed by atoms with Crippen molar-refractivity contribution in [2.45, 2.75) is 180 Å². The average molecular weight is 548 g/mol. The van der Waals surface area contributed by atoms with E-state index in [0.29, 0.717) is 12.8 Å². The molecule has 0 saturated heterocycles. The molecule has 2 unspecified atom stereocenters. The Hall–Kier alpha value is -0.660. The Labute approximate surface area is 229 Å². The van der Waals surface area contributed by atoms with Gasteiger partial charge in [-0.05, 0) is 12.8 Å². The van der Waals surface area contributed by atoms with E-state index >= 15 is 0 Å². The Morgan fingerprint density at radius 1 is 0.622 bits per heavy atom. The van der Waals surface area contributed by atoms with Gasteiger partial charge in [0.25, 0.3) is 10.1 Å². The lowest BCUT2D eigenvalue weighted by Gasteiger charge is -2.23. The summed E-state index contributed by atoms with van der Waals surface area (Å²) in [4.78, 5) is 12.3. The molecule has 37 heavy (non-hydrogen) atoms. The van der Waals surface area contributed by atoms with Gasteiger partial charge in [0.05, 0.1) is 17.9 Å². The number of carbonyl (C=O) groups is 1. The van der Waals surface area contributed by atoms with Crippen LogP contribution in [0.4, 0.5) is 0 Å². The second-order valence-corrected chi connectivity index (χ2v) is 12.6. The number of nitrogens with one attached hydrogen (secondary N) is 1. The van der Waals surface area contributed by atoms with Crippen molar-refractivity contribution in [3.8, 4) is 0 Å². The third kappa shape index (κ3) is 26.7. The van der Waals surface area contributed by atoms with Crippen molar-refractivity contribution < 1.29 is 22.9 Å². The second-order valence-electron chi connectivity index (χ2n) is 11.1. The monoisotopic (exact) mass is 547 g/mol. The van der Waals surface area contributed by atoms with E-state index in [1.807, 2.05) is 0 Å². The number of carbonyl (C=O) groups excluding carboxylic acids is 1. The van der Waals surface area contributed by atoms with Crippen molar-refractivity contribution in [3.05, 3.63) is 0 Å². The molecule has 1 amide bonds. The molecule has 0 aliphatic rings. The molecule has 0 aliphatic heterocycles. The van der Waals surface area contributed by atoms with Crippen LogP contribution in [-0.4, -0.2) is 41.9 Å². The minimum absolute atomic E-state index is 0.252. The number of aliphatic hydroxyl groups excluding tert-OH is 1. The highest BCUT2D eigenvalue weighted by atomic mass is 32.2. The van der Waals surface area contributed by atoms with E-state index in [1.165, 1.54) is 103 Å². The van der Waals surface area contributed by atoms with Gasteiger partial charge in [-0.25, -0.2) is 0 Å². The lowest BCUT2D eigenvalue weighted by Crippen LogP contribution is -2.47. The van der Waals surface area contributed by atoms with Gasteiger partial charge in [0.15, 0.2) is 0 Å². The van der Waals surface area contributed by atoms with E-state index in [-0.39, 0.29) is 5.91 Å². The summed E-state index contributed by atoms with van der Waals surface area (Å²) in [6.07, 6.45) is 26.4. The van der Waals surface area contributed by atoms with Crippen molar-refractivity contribution in [2.75, 3.05) is 5.75 Å². The fraction of sp³-hybridized carbons (Fsp3) is 0.967. The van der Waals surface area contributed by atoms with Crippen molar-refractivity contribution in [3.63, 3.8) is 0 Å². The van der Waals surface area contributed by atoms with E-state index in [0.717, 1.165) is 38.5 Å². The molecule has 0 rings (SSSR count). The molecule has 3 N–H and O–H groups in total. The number of unbranched alkanes of at least 4 members (excludes halogenated alkanes) is 20. The van der Waals surface area contributed by atoms with Gasteiger partial charge in [-0.3, -0.25) is 9.35 Å². The van der Waals surface area contributed by atoms with Crippen LogP contribution in [0.2, 0.25) is 0 Å². The van der Waals surface area contributed by atoms with Gasteiger partial charge in [0.2, 0.25) is 5.91 Å². The van der Waals surface area contributed by atoms with Crippen LogP contribution in [0.5, 0.6) is 0 Å². The van der Waals surface area contributed by atoms with Crippen LogP contribution in [-0.2, 0) is 14.9 Å². The largest absolute Gasteiger partial charge is 0.391 e. The van der Waals surface area contributed by atoms with Gasteiger partial charge >= 0.3 is 0 Å². The summed E-state index contributed by atoms with van der Waals surface area (Å²) in [6.45, 7) is 4.44. The summed E-state index contributed by atoms with van der Waals surface area (Å²) >= 11 is 0. The summed E-state index contributed by atoms with van der Waals surface area (Å²) in [7, 11) is -4.29. The molecule has 6 nitrogen and oxygen atoms in total. The minimum atomic E-state index is -4.29. The molecule has 0 saturated carbocycles. The zero-order valence-corrected chi connectivity index (χ0v) is 25.2. The highest BCUT2D eigenvalue weighted by Crippen LogP contribution is 2.15. The maximum absolute atomic E-state index is 12.3. The molecule has 0 heterocycles. The Balaban J connectivity index is 3.92. The highest BCUT2D eigenvalue weighted by molar-refractivity contribution is 7.85. The molecular formula is C30H61NO5S. The topological polar surface area (TPSA) is 104 Å². The van der Waals surface area contributed by atoms with Crippen LogP contribution >= 0.6 is 0 Å². The first-order valence-electron chi connectivity index (χ1n) is 15.7. The summed E-state index contributed by atoms with van der Waals surface area (Å²) in [5.74, 6) is -0.895. The average Bonchev–Trinajstić information content (AvgIpc) is 2.84. The lowest BCUT2D eigenvalue weighted by molar-refractivity contribution is -0.122. The van der Waals surface area contributed by atoms with Gasteiger partial charge < -0.3 is 10.4 Å². The molecule has 0 aromatic heterocycles. The van der Waals surface area contributed by atoms with E-state index in [4.69, 9.17) is 0 Å². The van der Waals surface area contributed by atoms with Crippen molar-refractivity contribution >= 4 is 16.0 Å². The number of amides is 1. The quantitative estimate of drug-likeness (QED) is 0.0677. The lowest BCUT2D eigenvalue weighted by atomic mass is 10.0. The van der Waals surface area contributed by atoms with Gasteiger partial charge in [0.1, 0.15) is 0 Å². The van der Waals surface area contributed by atoms with Crippen molar-refractivity contribution in [1.29, 1.82) is 0 Å². The number of aliphatic hydroxyl groups is 1. The first kappa shape index (κ1) is 36.3. The molecule has 7 heteroatoms. The molecule has 0 spiro atoms. The van der Waals surface area contributed by atoms with E-state index in [1.54, 1.807) is 0 Å². The third-order valence-electron chi connectivity index (χ3n) is 7.31. The Bertz CT molecular complexity index is 611. The zero-order chi connectivity index (χ0) is 27.6. The van der Waals surface area contributed by atoms with Crippen molar-refractivity contribution in [1.82, 2.24) is 5.32 Å². The maximum atomic E-state index is 12.3. The van der Waals surface area contributed by atoms with Crippen LogP contribution in [0.15, 0.2) is 0 Å². The van der Waals surface area contributed by atoms with E-state index in [2.05, 4.69) is 19.2 Å². The SMILES string of the molecule is CCCCCCCCCCCCCCCCCC(O)C(CS(=O)(=O)O)NC(=O)CCCCCCCCC. The normalized spacial score (nSPS) is 13.5. The van der Waals surface area contributed by atoms with Gasteiger partial charge in [-0.2, -0.15) is 8.42 Å². The Morgan fingerprint density at radius 3 is 1.35 bits per heavy atom. The molecular weight excluding hydrogens is 486 g/mol. The number of rotatable bonds is 28. The first-order chi connectivity index (χ1) is 17.8. The van der Waals surface area contributed by atoms with Crippen LogP contribution in [0.3, 0.4) is 0 Å². The third-order valence-corrected chi connectivity index (χ3v) is 8.09. The highest BCUT2D eigenvalue weighted by Gasteiger charge is 2.26.